The van der Waals surface area contributed by atoms with E-state index in [-0.39, 0.29) is 5.69 Å². The molecule has 1 aliphatic rings. The van der Waals surface area contributed by atoms with E-state index in [1.165, 1.54) is 6.42 Å². The maximum atomic E-state index is 11.6. The zero-order valence-corrected chi connectivity index (χ0v) is 13.4. The van der Waals surface area contributed by atoms with E-state index in [0.717, 1.165) is 30.9 Å². The Hall–Kier alpha value is -2.64. The highest BCUT2D eigenvalue weighted by Gasteiger charge is 2.22. The molecule has 2 aromatic rings. The molecule has 0 aromatic carbocycles. The van der Waals surface area contributed by atoms with Gasteiger partial charge in [0.2, 0.25) is 0 Å². The topological polar surface area (TPSA) is 102 Å². The summed E-state index contributed by atoms with van der Waals surface area (Å²) in [5, 5.41) is 7.18. The summed E-state index contributed by atoms with van der Waals surface area (Å²) < 4.78 is 1.66. The quantitative estimate of drug-likeness (QED) is 0.885. The second-order valence-electron chi connectivity index (χ2n) is 5.86. The third-order valence-electron chi connectivity index (χ3n) is 4.06. The number of nitrogens with zero attached hydrogens (tertiary/aromatic N) is 5. The Labute approximate surface area is 134 Å². The number of aromatic nitrogens is 4. The van der Waals surface area contributed by atoms with Crippen LogP contribution in [0.4, 0.5) is 17.3 Å². The summed E-state index contributed by atoms with van der Waals surface area (Å²) in [4.78, 5) is 22.6. The van der Waals surface area contributed by atoms with Crippen molar-refractivity contribution in [2.45, 2.75) is 32.2 Å². The van der Waals surface area contributed by atoms with E-state index >= 15 is 0 Å². The molecule has 1 fully saturated rings. The van der Waals surface area contributed by atoms with Gasteiger partial charge in [0.1, 0.15) is 5.82 Å². The van der Waals surface area contributed by atoms with Crippen LogP contribution in [-0.4, -0.2) is 38.2 Å². The normalized spacial score (nSPS) is 18.0. The van der Waals surface area contributed by atoms with Crippen molar-refractivity contribution in [3.8, 4) is 0 Å². The van der Waals surface area contributed by atoms with Gasteiger partial charge in [-0.1, -0.05) is 0 Å². The Morgan fingerprint density at radius 2 is 2.22 bits per heavy atom. The van der Waals surface area contributed by atoms with Crippen LogP contribution in [0.3, 0.4) is 0 Å². The lowest BCUT2D eigenvalue weighted by molar-refractivity contribution is 0.0996. The van der Waals surface area contributed by atoms with Gasteiger partial charge in [0.25, 0.3) is 5.91 Å². The number of amides is 1. The molecular formula is C15H21N7O. The lowest BCUT2D eigenvalue weighted by atomic mass is 10.0. The fraction of sp³-hybridized carbons (Fsp3) is 0.467. The Balaban J connectivity index is 1.94. The molecule has 0 saturated carbocycles. The number of carbonyl (C=O) groups is 1. The van der Waals surface area contributed by atoms with Crippen molar-refractivity contribution < 1.29 is 4.79 Å². The number of piperidine rings is 1. The average Bonchev–Trinajstić information content (AvgIpc) is 2.92. The first-order valence-electron chi connectivity index (χ1n) is 7.74. The minimum Gasteiger partial charge on any atom is -0.364 e. The minimum atomic E-state index is -0.609. The number of nitrogens with two attached hydrogens (primary N) is 1. The van der Waals surface area contributed by atoms with Gasteiger partial charge in [-0.2, -0.15) is 5.10 Å². The summed E-state index contributed by atoms with van der Waals surface area (Å²) in [6, 6.07) is 0.406. The van der Waals surface area contributed by atoms with Gasteiger partial charge < -0.3 is 16.0 Å². The number of anilines is 3. The zero-order valence-electron chi connectivity index (χ0n) is 13.4. The zero-order chi connectivity index (χ0) is 16.4. The third kappa shape index (κ3) is 3.25. The predicted octanol–water partition coefficient (Wildman–Crippen LogP) is 1.43. The summed E-state index contributed by atoms with van der Waals surface area (Å²) >= 11 is 0. The number of hydrogen-bond donors (Lipinski definition) is 2. The van der Waals surface area contributed by atoms with Crippen molar-refractivity contribution in [3.63, 3.8) is 0 Å². The van der Waals surface area contributed by atoms with Crippen molar-refractivity contribution in [1.29, 1.82) is 0 Å². The molecular weight excluding hydrogens is 294 g/mol. The van der Waals surface area contributed by atoms with Gasteiger partial charge >= 0.3 is 0 Å². The highest BCUT2D eigenvalue weighted by molar-refractivity contribution is 5.96. The van der Waals surface area contributed by atoms with Crippen LogP contribution in [0.2, 0.25) is 0 Å². The molecule has 0 radical (unpaired) electrons. The van der Waals surface area contributed by atoms with Crippen LogP contribution in [0.5, 0.6) is 0 Å². The van der Waals surface area contributed by atoms with Gasteiger partial charge in [0.15, 0.2) is 11.5 Å². The van der Waals surface area contributed by atoms with Gasteiger partial charge in [-0.15, -0.1) is 0 Å². The molecule has 0 aliphatic carbocycles. The van der Waals surface area contributed by atoms with E-state index in [0.29, 0.717) is 11.9 Å². The molecule has 8 heteroatoms. The highest BCUT2D eigenvalue weighted by Crippen LogP contribution is 2.25. The van der Waals surface area contributed by atoms with Crippen LogP contribution < -0.4 is 16.0 Å². The van der Waals surface area contributed by atoms with E-state index in [2.05, 4.69) is 32.2 Å². The Morgan fingerprint density at radius 1 is 1.39 bits per heavy atom. The standard InChI is InChI=1S/C15H21N7O/c1-10-5-3-4-6-22(10)12-8-17-13(14(16)23)15(20-12)19-11-7-18-21(2)9-11/h7-10H,3-6H2,1-2H3,(H2,16,23)(H,19,20)/t10-/m0/s1. The second kappa shape index (κ2) is 6.23. The van der Waals surface area contributed by atoms with Crippen molar-refractivity contribution in [2.24, 2.45) is 12.8 Å². The third-order valence-corrected chi connectivity index (χ3v) is 4.06. The SMILES string of the molecule is C[C@H]1CCCCN1c1cnc(C(N)=O)c(Nc2cnn(C)c2)n1. The van der Waals surface area contributed by atoms with Crippen LogP contribution in [0.1, 0.15) is 36.7 Å². The van der Waals surface area contributed by atoms with E-state index in [9.17, 15) is 4.79 Å². The van der Waals surface area contributed by atoms with Gasteiger partial charge in [0.05, 0.1) is 18.1 Å². The molecule has 2 aromatic heterocycles. The Kier molecular flexibility index (Phi) is 4.14. The first-order chi connectivity index (χ1) is 11.0. The molecule has 8 nitrogen and oxygen atoms in total. The van der Waals surface area contributed by atoms with E-state index < -0.39 is 5.91 Å². The van der Waals surface area contributed by atoms with E-state index in [1.807, 2.05) is 7.05 Å². The van der Waals surface area contributed by atoms with Crippen LogP contribution in [-0.2, 0) is 7.05 Å². The maximum absolute atomic E-state index is 11.6. The van der Waals surface area contributed by atoms with Gasteiger partial charge in [0, 0.05) is 25.8 Å². The largest absolute Gasteiger partial charge is 0.364 e. The van der Waals surface area contributed by atoms with Crippen molar-refractivity contribution >= 4 is 23.2 Å². The van der Waals surface area contributed by atoms with Crippen molar-refractivity contribution in [2.75, 3.05) is 16.8 Å². The molecule has 122 valence electrons. The number of carbonyl (C=O) groups excluding carboxylic acids is 1. The Morgan fingerprint density at radius 3 is 2.87 bits per heavy atom. The molecule has 1 aliphatic heterocycles. The summed E-state index contributed by atoms with van der Waals surface area (Å²) in [5.74, 6) is 0.511. The lowest BCUT2D eigenvalue weighted by Crippen LogP contribution is -2.38. The highest BCUT2D eigenvalue weighted by atomic mass is 16.1. The fourth-order valence-electron chi connectivity index (χ4n) is 2.85. The predicted molar refractivity (Wildman–Crippen MR) is 87.7 cm³/mol. The monoisotopic (exact) mass is 315 g/mol. The van der Waals surface area contributed by atoms with Crippen LogP contribution >= 0.6 is 0 Å². The average molecular weight is 315 g/mol. The smallest absolute Gasteiger partial charge is 0.271 e. The molecule has 0 spiro atoms. The number of aryl methyl sites for hydroxylation is 1. The van der Waals surface area contributed by atoms with Crippen molar-refractivity contribution in [1.82, 2.24) is 19.7 Å². The molecule has 1 amide bonds. The summed E-state index contributed by atoms with van der Waals surface area (Å²) in [7, 11) is 1.82. The van der Waals surface area contributed by atoms with Crippen molar-refractivity contribution in [3.05, 3.63) is 24.3 Å². The summed E-state index contributed by atoms with van der Waals surface area (Å²) in [6.07, 6.45) is 8.56. The summed E-state index contributed by atoms with van der Waals surface area (Å²) in [6.45, 7) is 3.12. The second-order valence-corrected chi connectivity index (χ2v) is 5.86. The first kappa shape index (κ1) is 15.3. The van der Waals surface area contributed by atoms with Crippen LogP contribution in [0.15, 0.2) is 18.6 Å². The van der Waals surface area contributed by atoms with Gasteiger partial charge in [-0.05, 0) is 26.2 Å². The number of primary amides is 1. The number of hydrogen-bond acceptors (Lipinski definition) is 6. The Bertz CT molecular complexity index is 712. The number of rotatable bonds is 4. The molecule has 23 heavy (non-hydrogen) atoms. The molecule has 3 heterocycles. The number of nitrogens with one attached hydrogen (secondary N) is 1. The summed E-state index contributed by atoms with van der Waals surface area (Å²) in [5.41, 5.74) is 6.27. The molecule has 1 atom stereocenters. The van der Waals surface area contributed by atoms with Crippen LogP contribution in [0, 0.1) is 0 Å². The maximum Gasteiger partial charge on any atom is 0.271 e. The lowest BCUT2D eigenvalue weighted by Gasteiger charge is -2.34. The molecule has 0 bridgehead atoms. The molecule has 1 saturated heterocycles. The molecule has 0 unspecified atom stereocenters. The van der Waals surface area contributed by atoms with E-state index in [4.69, 9.17) is 5.73 Å². The van der Waals surface area contributed by atoms with E-state index in [1.54, 1.807) is 23.3 Å². The fourth-order valence-corrected chi connectivity index (χ4v) is 2.85. The van der Waals surface area contributed by atoms with Crippen LogP contribution in [0.25, 0.3) is 0 Å². The van der Waals surface area contributed by atoms with Gasteiger partial charge in [-0.25, -0.2) is 9.97 Å². The molecule has 3 N–H and O–H groups in total. The van der Waals surface area contributed by atoms with Gasteiger partial charge in [-0.3, -0.25) is 9.48 Å². The minimum absolute atomic E-state index is 0.127. The first-order valence-corrected chi connectivity index (χ1v) is 7.74. The molecule has 3 rings (SSSR count).